The van der Waals surface area contributed by atoms with Crippen LogP contribution in [0.1, 0.15) is 30.6 Å². The van der Waals surface area contributed by atoms with Gasteiger partial charge in [-0.15, -0.1) is 11.3 Å². The maximum Gasteiger partial charge on any atom is 0.0107 e. The molecule has 1 fully saturated rings. The minimum atomic E-state index is 0.816. The average molecular weight is 252 g/mol. The summed E-state index contributed by atoms with van der Waals surface area (Å²) in [6.45, 7) is 3.70. The van der Waals surface area contributed by atoms with E-state index in [-0.39, 0.29) is 0 Å². The minimum Gasteiger partial charge on any atom is -0.320 e. The van der Waals surface area contributed by atoms with Crippen LogP contribution < -0.4 is 5.32 Å². The number of hydrogen-bond acceptors (Lipinski definition) is 3. The molecule has 0 aromatic carbocycles. The molecule has 2 heterocycles. The van der Waals surface area contributed by atoms with E-state index < -0.39 is 0 Å². The van der Waals surface area contributed by atoms with E-state index in [0.717, 1.165) is 12.6 Å². The van der Waals surface area contributed by atoms with Crippen LogP contribution in [0.25, 0.3) is 0 Å². The number of hydrogen-bond donors (Lipinski definition) is 1. The fraction of sp³-hybridized carbons (Fsp3) is 0.714. The Bertz CT molecular complexity index is 297. The zero-order chi connectivity index (χ0) is 11.9. The Morgan fingerprint density at radius 1 is 1.47 bits per heavy atom. The van der Waals surface area contributed by atoms with E-state index in [9.17, 15) is 0 Å². The highest BCUT2D eigenvalue weighted by molar-refractivity contribution is 7.09. The van der Waals surface area contributed by atoms with Crippen molar-refractivity contribution in [2.45, 2.75) is 38.1 Å². The van der Waals surface area contributed by atoms with Gasteiger partial charge in [0, 0.05) is 17.5 Å². The van der Waals surface area contributed by atoms with Crippen LogP contribution >= 0.6 is 11.3 Å². The average Bonchev–Trinajstić information content (AvgIpc) is 2.88. The molecule has 0 spiro atoms. The number of thiophene rings is 1. The molecule has 2 rings (SSSR count). The lowest BCUT2D eigenvalue weighted by molar-refractivity contribution is 0.142. The Kier molecular flexibility index (Phi) is 5.49. The van der Waals surface area contributed by atoms with Crippen molar-refractivity contribution in [1.82, 2.24) is 10.2 Å². The monoisotopic (exact) mass is 252 g/mol. The number of nitrogens with zero attached hydrogens (tertiary/aromatic N) is 1. The summed E-state index contributed by atoms with van der Waals surface area (Å²) in [5.41, 5.74) is 0. The molecular weight excluding hydrogens is 228 g/mol. The van der Waals surface area contributed by atoms with Crippen molar-refractivity contribution in [2.24, 2.45) is 0 Å². The fourth-order valence-corrected chi connectivity index (χ4v) is 3.40. The van der Waals surface area contributed by atoms with E-state index in [1.54, 1.807) is 0 Å². The van der Waals surface area contributed by atoms with Crippen LogP contribution in [0, 0.1) is 0 Å². The van der Waals surface area contributed by atoms with Gasteiger partial charge in [0.2, 0.25) is 0 Å². The molecule has 1 aromatic rings. The Hall–Kier alpha value is -0.380. The van der Waals surface area contributed by atoms with Gasteiger partial charge >= 0.3 is 0 Å². The van der Waals surface area contributed by atoms with Crippen LogP contribution in [0.5, 0.6) is 0 Å². The highest BCUT2D eigenvalue weighted by Crippen LogP contribution is 2.20. The first-order chi connectivity index (χ1) is 8.40. The van der Waals surface area contributed by atoms with Gasteiger partial charge in [-0.2, -0.15) is 0 Å². The van der Waals surface area contributed by atoms with E-state index in [1.165, 1.54) is 50.1 Å². The molecule has 0 amide bonds. The third-order valence-electron chi connectivity index (χ3n) is 3.70. The van der Waals surface area contributed by atoms with Gasteiger partial charge in [0.15, 0.2) is 0 Å². The highest BCUT2D eigenvalue weighted by atomic mass is 32.1. The first-order valence-electron chi connectivity index (χ1n) is 6.81. The van der Waals surface area contributed by atoms with Crippen molar-refractivity contribution in [1.29, 1.82) is 0 Å². The second-order valence-corrected chi connectivity index (χ2v) is 5.94. The van der Waals surface area contributed by atoms with Gasteiger partial charge in [-0.1, -0.05) is 12.5 Å². The summed E-state index contributed by atoms with van der Waals surface area (Å²) in [5, 5.41) is 5.47. The molecule has 2 nitrogen and oxygen atoms in total. The van der Waals surface area contributed by atoms with Crippen molar-refractivity contribution in [3.63, 3.8) is 0 Å². The van der Waals surface area contributed by atoms with Crippen LogP contribution in [0.3, 0.4) is 0 Å². The summed E-state index contributed by atoms with van der Waals surface area (Å²) in [6.07, 6.45) is 6.74. The lowest BCUT2D eigenvalue weighted by Crippen LogP contribution is -2.41. The molecule has 1 aliphatic rings. The van der Waals surface area contributed by atoms with E-state index in [4.69, 9.17) is 0 Å². The molecule has 0 bridgehead atoms. The first kappa shape index (κ1) is 13.1. The van der Waals surface area contributed by atoms with Gasteiger partial charge in [-0.3, -0.25) is 4.90 Å². The SMILES string of the molecule is CNCCC1CCCCN1CCc1cccs1. The summed E-state index contributed by atoms with van der Waals surface area (Å²) in [5.74, 6) is 0. The van der Waals surface area contributed by atoms with Crippen molar-refractivity contribution in [2.75, 3.05) is 26.7 Å². The van der Waals surface area contributed by atoms with E-state index in [1.807, 2.05) is 11.3 Å². The van der Waals surface area contributed by atoms with Gasteiger partial charge in [0.25, 0.3) is 0 Å². The molecule has 0 aliphatic carbocycles. The molecule has 1 N–H and O–H groups in total. The van der Waals surface area contributed by atoms with Crippen molar-refractivity contribution >= 4 is 11.3 Å². The van der Waals surface area contributed by atoms with Gasteiger partial charge in [-0.25, -0.2) is 0 Å². The molecule has 0 radical (unpaired) electrons. The highest BCUT2D eigenvalue weighted by Gasteiger charge is 2.21. The van der Waals surface area contributed by atoms with Crippen LogP contribution in [-0.4, -0.2) is 37.6 Å². The van der Waals surface area contributed by atoms with Crippen LogP contribution in [0.2, 0.25) is 0 Å². The Morgan fingerprint density at radius 3 is 3.18 bits per heavy atom. The van der Waals surface area contributed by atoms with Crippen molar-refractivity contribution in [3.8, 4) is 0 Å². The molecule has 96 valence electrons. The standard InChI is InChI=1S/C14H24N2S/c1-15-9-7-13-5-2-3-10-16(13)11-8-14-6-4-12-17-14/h4,6,12-13,15H,2-3,5,7-11H2,1H3. The molecule has 0 saturated carbocycles. The summed E-state index contributed by atoms with van der Waals surface area (Å²) in [6, 6.07) is 5.24. The van der Waals surface area contributed by atoms with E-state index in [0.29, 0.717) is 0 Å². The summed E-state index contributed by atoms with van der Waals surface area (Å²) in [7, 11) is 2.05. The Labute approximate surface area is 109 Å². The Morgan fingerprint density at radius 2 is 2.41 bits per heavy atom. The van der Waals surface area contributed by atoms with Crippen molar-refractivity contribution < 1.29 is 0 Å². The smallest absolute Gasteiger partial charge is 0.0107 e. The number of piperidine rings is 1. The molecule has 1 unspecified atom stereocenters. The van der Waals surface area contributed by atoms with Gasteiger partial charge in [0.1, 0.15) is 0 Å². The van der Waals surface area contributed by atoms with E-state index in [2.05, 4.69) is 34.8 Å². The lowest BCUT2D eigenvalue weighted by Gasteiger charge is -2.35. The molecular formula is C14H24N2S. The third-order valence-corrected chi connectivity index (χ3v) is 4.64. The molecule has 1 atom stereocenters. The van der Waals surface area contributed by atoms with Crippen molar-refractivity contribution in [3.05, 3.63) is 22.4 Å². The second kappa shape index (κ2) is 7.14. The molecule has 1 aromatic heterocycles. The van der Waals surface area contributed by atoms with Gasteiger partial charge in [-0.05, 0) is 57.3 Å². The summed E-state index contributed by atoms with van der Waals surface area (Å²) in [4.78, 5) is 4.24. The minimum absolute atomic E-state index is 0.816. The predicted molar refractivity (Wildman–Crippen MR) is 75.8 cm³/mol. The zero-order valence-corrected chi connectivity index (χ0v) is 11.6. The van der Waals surface area contributed by atoms with Crippen LogP contribution in [0.15, 0.2) is 17.5 Å². The topological polar surface area (TPSA) is 15.3 Å². The second-order valence-electron chi connectivity index (χ2n) is 4.91. The lowest BCUT2D eigenvalue weighted by atomic mass is 9.99. The normalized spacial score (nSPS) is 21.8. The largest absolute Gasteiger partial charge is 0.320 e. The predicted octanol–water partition coefficient (Wildman–Crippen LogP) is 2.75. The Balaban J connectivity index is 1.79. The number of likely N-dealkylation sites (tertiary alicyclic amines) is 1. The molecule has 1 aliphatic heterocycles. The quantitative estimate of drug-likeness (QED) is 0.837. The van der Waals surface area contributed by atoms with Gasteiger partial charge < -0.3 is 5.32 Å². The summed E-state index contributed by atoms with van der Waals surface area (Å²) >= 11 is 1.89. The first-order valence-corrected chi connectivity index (χ1v) is 7.69. The van der Waals surface area contributed by atoms with Gasteiger partial charge in [0.05, 0.1) is 0 Å². The van der Waals surface area contributed by atoms with Crippen LogP contribution in [-0.2, 0) is 6.42 Å². The third kappa shape index (κ3) is 4.09. The summed E-state index contributed by atoms with van der Waals surface area (Å²) < 4.78 is 0. The fourth-order valence-electron chi connectivity index (χ4n) is 2.70. The maximum absolute atomic E-state index is 3.28. The van der Waals surface area contributed by atoms with E-state index >= 15 is 0 Å². The zero-order valence-electron chi connectivity index (χ0n) is 10.8. The molecule has 3 heteroatoms. The van der Waals surface area contributed by atoms with Crippen LogP contribution in [0.4, 0.5) is 0 Å². The molecule has 1 saturated heterocycles. The molecule has 17 heavy (non-hydrogen) atoms. The number of rotatable bonds is 6. The number of nitrogens with one attached hydrogen (secondary N) is 1. The maximum atomic E-state index is 3.28.